The van der Waals surface area contributed by atoms with Gasteiger partial charge >= 0.3 is 0 Å². The highest BCUT2D eigenvalue weighted by molar-refractivity contribution is 5.74. The van der Waals surface area contributed by atoms with Crippen LogP contribution in [-0.2, 0) is 4.74 Å². The highest BCUT2D eigenvalue weighted by Gasteiger charge is 2.26. The maximum Gasteiger partial charge on any atom is 0.181 e. The smallest absolute Gasteiger partial charge is 0.181 e. The fraction of sp³-hybridized carbons (Fsp3) is 0.455. The van der Waals surface area contributed by atoms with Gasteiger partial charge in [-0.15, -0.1) is 0 Å². The van der Waals surface area contributed by atoms with Crippen molar-refractivity contribution in [2.24, 2.45) is 0 Å². The van der Waals surface area contributed by atoms with Crippen molar-refractivity contribution in [1.29, 1.82) is 0 Å². The highest BCUT2D eigenvalue weighted by atomic mass is 16.5. The molecule has 0 bridgehead atoms. The molecule has 1 saturated heterocycles. The van der Waals surface area contributed by atoms with Crippen molar-refractivity contribution in [2.75, 3.05) is 31.2 Å². The minimum atomic E-state index is 0.285. The zero-order valence-corrected chi connectivity index (χ0v) is 16.0. The lowest BCUT2D eigenvalue weighted by Gasteiger charge is -2.27. The first-order valence-corrected chi connectivity index (χ1v) is 10.3. The van der Waals surface area contributed by atoms with E-state index in [-0.39, 0.29) is 5.75 Å². The van der Waals surface area contributed by atoms with Crippen LogP contribution in [0.15, 0.2) is 36.7 Å². The molecule has 2 aromatic heterocycles. The van der Waals surface area contributed by atoms with Gasteiger partial charge in [0.1, 0.15) is 5.75 Å². The van der Waals surface area contributed by atoms with Gasteiger partial charge in [0.15, 0.2) is 11.5 Å². The maximum atomic E-state index is 9.75. The molecule has 3 aromatic rings. The summed E-state index contributed by atoms with van der Waals surface area (Å²) in [5, 5.41) is 9.75. The van der Waals surface area contributed by atoms with Crippen LogP contribution in [0.5, 0.6) is 5.75 Å². The molecular weight excluding hydrogens is 352 g/mol. The first kappa shape index (κ1) is 17.5. The third-order valence-electron chi connectivity index (χ3n) is 5.99. The van der Waals surface area contributed by atoms with Crippen LogP contribution in [0.25, 0.3) is 16.9 Å². The number of hydrogen-bond donors (Lipinski definition) is 1. The summed E-state index contributed by atoms with van der Waals surface area (Å²) in [5.41, 5.74) is 4.32. The summed E-state index contributed by atoms with van der Waals surface area (Å²) >= 11 is 0. The number of nitrogens with zero attached hydrogens (tertiary/aromatic N) is 4. The summed E-state index contributed by atoms with van der Waals surface area (Å²) in [7, 11) is 0. The molecule has 6 heteroatoms. The van der Waals surface area contributed by atoms with E-state index in [1.807, 2.05) is 24.5 Å². The predicted octanol–water partition coefficient (Wildman–Crippen LogP) is 3.99. The molecule has 0 radical (unpaired) electrons. The second-order valence-electron chi connectivity index (χ2n) is 7.77. The first-order chi connectivity index (χ1) is 13.8. The van der Waals surface area contributed by atoms with E-state index in [1.165, 1.54) is 37.8 Å². The van der Waals surface area contributed by atoms with Gasteiger partial charge in [-0.3, -0.25) is 4.40 Å². The van der Waals surface area contributed by atoms with Crippen molar-refractivity contribution in [3.8, 4) is 17.0 Å². The molecule has 28 heavy (non-hydrogen) atoms. The van der Waals surface area contributed by atoms with Crippen molar-refractivity contribution in [2.45, 2.75) is 38.0 Å². The Morgan fingerprint density at radius 1 is 1.00 bits per heavy atom. The molecule has 1 aliphatic heterocycles. The number of phenolic OH excluding ortho intramolecular Hbond substituents is 1. The van der Waals surface area contributed by atoms with Gasteiger partial charge in [-0.25, -0.2) is 9.97 Å². The minimum absolute atomic E-state index is 0.285. The third-order valence-corrected chi connectivity index (χ3v) is 5.99. The molecule has 2 fully saturated rings. The van der Waals surface area contributed by atoms with Gasteiger partial charge in [-0.1, -0.05) is 19.3 Å². The van der Waals surface area contributed by atoms with Crippen molar-refractivity contribution in [3.63, 3.8) is 0 Å². The number of aromatic nitrogens is 3. The van der Waals surface area contributed by atoms with E-state index in [0.717, 1.165) is 49.0 Å². The van der Waals surface area contributed by atoms with Gasteiger partial charge in [0, 0.05) is 37.0 Å². The van der Waals surface area contributed by atoms with E-state index in [1.54, 1.807) is 12.1 Å². The molecule has 0 spiro atoms. The Morgan fingerprint density at radius 2 is 1.75 bits per heavy atom. The number of hydrogen-bond acceptors (Lipinski definition) is 5. The van der Waals surface area contributed by atoms with Gasteiger partial charge in [0.05, 0.1) is 24.6 Å². The second-order valence-corrected chi connectivity index (χ2v) is 7.77. The van der Waals surface area contributed by atoms with Crippen LogP contribution in [-0.4, -0.2) is 45.8 Å². The van der Waals surface area contributed by atoms with Gasteiger partial charge in [0.2, 0.25) is 0 Å². The molecule has 3 heterocycles. The second kappa shape index (κ2) is 7.43. The van der Waals surface area contributed by atoms with Gasteiger partial charge in [0.25, 0.3) is 0 Å². The van der Waals surface area contributed by atoms with Crippen molar-refractivity contribution >= 4 is 11.5 Å². The van der Waals surface area contributed by atoms with E-state index < -0.39 is 0 Å². The zero-order chi connectivity index (χ0) is 18.9. The Bertz CT molecular complexity index is 955. The van der Waals surface area contributed by atoms with Crippen LogP contribution in [0.3, 0.4) is 0 Å². The van der Waals surface area contributed by atoms with Crippen LogP contribution < -0.4 is 4.90 Å². The Labute approximate surface area is 164 Å². The van der Waals surface area contributed by atoms with Gasteiger partial charge in [-0.05, 0) is 37.1 Å². The maximum absolute atomic E-state index is 9.75. The number of anilines is 1. The molecule has 0 atom stereocenters. The first-order valence-electron chi connectivity index (χ1n) is 10.3. The fourth-order valence-electron chi connectivity index (χ4n) is 4.55. The Balaban J connectivity index is 1.69. The van der Waals surface area contributed by atoms with Crippen LogP contribution in [0.4, 0.5) is 5.82 Å². The largest absolute Gasteiger partial charge is 0.508 e. The number of fused-ring (bicyclic) bond motifs is 1. The molecule has 1 aliphatic carbocycles. The SMILES string of the molecule is Oc1ccc(-c2c(C3CCCCC3)nc3c(N4CCOCC4)nccn23)cc1. The number of morpholine rings is 1. The number of phenols is 1. The quantitative estimate of drug-likeness (QED) is 0.747. The summed E-state index contributed by atoms with van der Waals surface area (Å²) in [6, 6.07) is 7.48. The summed E-state index contributed by atoms with van der Waals surface area (Å²) in [6.45, 7) is 3.13. The lowest BCUT2D eigenvalue weighted by atomic mass is 9.85. The Hall–Kier alpha value is -2.60. The van der Waals surface area contributed by atoms with E-state index in [4.69, 9.17) is 9.72 Å². The van der Waals surface area contributed by atoms with Crippen LogP contribution in [0, 0.1) is 0 Å². The lowest BCUT2D eigenvalue weighted by Crippen LogP contribution is -2.37. The summed E-state index contributed by atoms with van der Waals surface area (Å²) in [4.78, 5) is 12.1. The monoisotopic (exact) mass is 378 g/mol. The molecular formula is C22H26N4O2. The number of rotatable bonds is 3. The third kappa shape index (κ3) is 3.11. The average molecular weight is 378 g/mol. The van der Waals surface area contributed by atoms with E-state index in [9.17, 15) is 5.11 Å². The average Bonchev–Trinajstić information content (AvgIpc) is 3.15. The molecule has 1 saturated carbocycles. The van der Waals surface area contributed by atoms with E-state index in [2.05, 4.69) is 14.3 Å². The summed E-state index contributed by atoms with van der Waals surface area (Å²) in [6.07, 6.45) is 10.1. The minimum Gasteiger partial charge on any atom is -0.508 e. The summed E-state index contributed by atoms with van der Waals surface area (Å²) < 4.78 is 7.71. The summed E-state index contributed by atoms with van der Waals surface area (Å²) in [5.74, 6) is 1.70. The Kier molecular flexibility index (Phi) is 4.64. The highest BCUT2D eigenvalue weighted by Crippen LogP contribution is 2.39. The molecule has 1 aromatic carbocycles. The number of benzene rings is 1. The number of imidazole rings is 1. The molecule has 2 aliphatic rings. The standard InChI is InChI=1S/C22H26N4O2/c27-18-8-6-17(7-9-18)20-19(16-4-2-1-3-5-16)24-22-21(23-10-11-26(20)22)25-12-14-28-15-13-25/h6-11,16,27H,1-5,12-15H2. The number of aromatic hydroxyl groups is 1. The zero-order valence-electron chi connectivity index (χ0n) is 16.0. The molecule has 1 N–H and O–H groups in total. The van der Waals surface area contributed by atoms with Crippen LogP contribution >= 0.6 is 0 Å². The lowest BCUT2D eigenvalue weighted by molar-refractivity contribution is 0.122. The van der Waals surface area contributed by atoms with Crippen molar-refractivity contribution in [3.05, 3.63) is 42.4 Å². The molecule has 0 amide bonds. The van der Waals surface area contributed by atoms with Crippen molar-refractivity contribution < 1.29 is 9.84 Å². The van der Waals surface area contributed by atoms with Crippen LogP contribution in [0.1, 0.15) is 43.7 Å². The van der Waals surface area contributed by atoms with E-state index in [0.29, 0.717) is 5.92 Å². The molecule has 5 rings (SSSR count). The van der Waals surface area contributed by atoms with E-state index >= 15 is 0 Å². The molecule has 146 valence electrons. The normalized spacial score (nSPS) is 18.6. The topological polar surface area (TPSA) is 62.9 Å². The van der Waals surface area contributed by atoms with Crippen molar-refractivity contribution in [1.82, 2.24) is 14.4 Å². The predicted molar refractivity (Wildman–Crippen MR) is 109 cm³/mol. The van der Waals surface area contributed by atoms with Crippen LogP contribution in [0.2, 0.25) is 0 Å². The Morgan fingerprint density at radius 3 is 2.50 bits per heavy atom. The molecule has 6 nitrogen and oxygen atoms in total. The molecule has 0 unspecified atom stereocenters. The van der Waals surface area contributed by atoms with Gasteiger partial charge < -0.3 is 14.7 Å². The van der Waals surface area contributed by atoms with Gasteiger partial charge in [-0.2, -0.15) is 0 Å². The fourth-order valence-corrected chi connectivity index (χ4v) is 4.55. The number of ether oxygens (including phenoxy) is 1.